The predicted molar refractivity (Wildman–Crippen MR) is 91.5 cm³/mol. The first kappa shape index (κ1) is 15.1. The number of hydrogen-bond acceptors (Lipinski definition) is 3. The second-order valence-electron chi connectivity index (χ2n) is 5.02. The maximum Gasteiger partial charge on any atom is 0.261 e. The Balaban J connectivity index is 1.57. The van der Waals surface area contributed by atoms with Crippen molar-refractivity contribution in [3.63, 3.8) is 0 Å². The topological polar surface area (TPSA) is 93.7 Å². The number of hydrogen-bond donors (Lipinski definition) is 2. The molecule has 0 bridgehead atoms. The highest BCUT2D eigenvalue weighted by Crippen LogP contribution is 2.19. The van der Waals surface area contributed by atoms with Gasteiger partial charge in [0.1, 0.15) is 0 Å². The molecule has 3 rings (SSSR count). The highest BCUT2D eigenvalue weighted by Gasteiger charge is 2.09. The molecule has 1 amide bonds. The number of carbonyl (C=O) groups excluding carboxylic acids is 1. The molecule has 3 aromatic rings. The summed E-state index contributed by atoms with van der Waals surface area (Å²) < 4.78 is 0. The molecule has 6 nitrogen and oxygen atoms in total. The molecule has 0 aliphatic rings. The molecule has 0 spiro atoms. The van der Waals surface area contributed by atoms with Gasteiger partial charge in [-0.2, -0.15) is 0 Å². The molecule has 2 N–H and O–H groups in total. The molecule has 0 saturated heterocycles. The fraction of sp³-hybridized carbons (Fsp3) is 0.188. The Hall–Kier alpha value is -2.76. The van der Waals surface area contributed by atoms with Gasteiger partial charge in [0.2, 0.25) is 0 Å². The number of aromatic amines is 1. The molecule has 23 heavy (non-hydrogen) atoms. The molecule has 0 aliphatic carbocycles. The van der Waals surface area contributed by atoms with Crippen LogP contribution in [0.5, 0.6) is 0 Å². The lowest BCUT2D eigenvalue weighted by atomic mass is 10.1. The van der Waals surface area contributed by atoms with E-state index in [1.54, 1.807) is 6.07 Å². The van der Waals surface area contributed by atoms with Gasteiger partial charge in [0.05, 0.1) is 11.4 Å². The van der Waals surface area contributed by atoms with Crippen molar-refractivity contribution < 1.29 is 4.79 Å². The summed E-state index contributed by atoms with van der Waals surface area (Å²) >= 11 is 1.35. The van der Waals surface area contributed by atoms with Crippen LogP contribution in [0.25, 0.3) is 21.3 Å². The normalized spacial score (nSPS) is 10.4. The average molecular weight is 325 g/mol. The van der Waals surface area contributed by atoms with Crippen LogP contribution in [0, 0.1) is 0 Å². The number of thiophene rings is 1. The highest BCUT2D eigenvalue weighted by atomic mass is 32.1. The van der Waals surface area contributed by atoms with Crippen molar-refractivity contribution in [1.82, 2.24) is 10.3 Å². The lowest BCUT2D eigenvalue weighted by Gasteiger charge is -2.03. The fourth-order valence-corrected chi connectivity index (χ4v) is 3.26. The van der Waals surface area contributed by atoms with Crippen molar-refractivity contribution in [3.05, 3.63) is 68.4 Å². The van der Waals surface area contributed by atoms with Gasteiger partial charge in [-0.3, -0.25) is 4.79 Å². The Morgan fingerprint density at radius 1 is 1.30 bits per heavy atom. The lowest BCUT2D eigenvalue weighted by Crippen LogP contribution is -2.24. The van der Waals surface area contributed by atoms with E-state index in [0.717, 1.165) is 16.8 Å². The number of benzene rings is 1. The number of para-hydroxylation sites is 1. The number of nitrogens with one attached hydrogen (secondary N) is 2. The van der Waals surface area contributed by atoms with Crippen LogP contribution in [0.2, 0.25) is 0 Å². The van der Waals surface area contributed by atoms with Gasteiger partial charge in [0.25, 0.3) is 5.91 Å². The van der Waals surface area contributed by atoms with E-state index >= 15 is 0 Å². The van der Waals surface area contributed by atoms with E-state index in [0.29, 0.717) is 11.4 Å². The summed E-state index contributed by atoms with van der Waals surface area (Å²) in [5, 5.41) is 7.61. The minimum atomic E-state index is -0.0953. The first-order valence-electron chi connectivity index (χ1n) is 7.20. The van der Waals surface area contributed by atoms with Crippen LogP contribution in [-0.2, 0) is 13.0 Å². The largest absolute Gasteiger partial charge is 0.361 e. The van der Waals surface area contributed by atoms with Crippen molar-refractivity contribution in [3.8, 4) is 0 Å². The van der Waals surface area contributed by atoms with Gasteiger partial charge < -0.3 is 10.3 Å². The van der Waals surface area contributed by atoms with E-state index in [-0.39, 0.29) is 12.5 Å². The lowest BCUT2D eigenvalue weighted by molar-refractivity contribution is 0.0958. The van der Waals surface area contributed by atoms with E-state index in [2.05, 4.69) is 26.4 Å². The number of fused-ring (bicyclic) bond motifs is 1. The summed E-state index contributed by atoms with van der Waals surface area (Å²) in [5.41, 5.74) is 10.6. The van der Waals surface area contributed by atoms with Crippen molar-refractivity contribution >= 4 is 28.1 Å². The molecule has 0 atom stereocenters. The zero-order valence-corrected chi connectivity index (χ0v) is 13.1. The fourth-order valence-electron chi connectivity index (χ4n) is 2.42. The maximum absolute atomic E-state index is 12.1. The summed E-state index contributed by atoms with van der Waals surface area (Å²) in [6.07, 6.45) is 2.76. The smallest absolute Gasteiger partial charge is 0.261 e. The van der Waals surface area contributed by atoms with Crippen LogP contribution in [-0.4, -0.2) is 17.4 Å². The third kappa shape index (κ3) is 3.53. The van der Waals surface area contributed by atoms with E-state index in [9.17, 15) is 4.79 Å². The summed E-state index contributed by atoms with van der Waals surface area (Å²) in [6.45, 7) is 0.855. The van der Waals surface area contributed by atoms with Crippen LogP contribution in [0.3, 0.4) is 0 Å². The third-order valence-electron chi connectivity index (χ3n) is 3.53. The SMILES string of the molecule is [N-]=[N+]=NCc1ccc(C(=O)NCCc2c[nH]c3ccccc23)s1. The number of carbonyl (C=O) groups is 1. The number of aromatic nitrogens is 1. The Morgan fingerprint density at radius 2 is 2.17 bits per heavy atom. The second kappa shape index (κ2) is 7.00. The summed E-state index contributed by atoms with van der Waals surface area (Å²) in [6, 6.07) is 11.7. The van der Waals surface area contributed by atoms with Crippen LogP contribution < -0.4 is 5.32 Å². The molecular formula is C16H15N5OS. The van der Waals surface area contributed by atoms with Gasteiger partial charge in [-0.25, -0.2) is 0 Å². The van der Waals surface area contributed by atoms with Crippen molar-refractivity contribution in [2.24, 2.45) is 5.11 Å². The van der Waals surface area contributed by atoms with Gasteiger partial charge >= 0.3 is 0 Å². The Kier molecular flexibility index (Phi) is 4.61. The molecule has 0 radical (unpaired) electrons. The zero-order chi connectivity index (χ0) is 16.1. The standard InChI is InChI=1S/C16H15N5OS/c17-21-20-10-12-5-6-15(23-12)16(22)18-8-7-11-9-19-14-4-2-1-3-13(11)14/h1-6,9,19H,7-8,10H2,(H,18,22). The first-order chi connectivity index (χ1) is 11.3. The quantitative estimate of drug-likeness (QED) is 0.400. The van der Waals surface area contributed by atoms with Crippen molar-refractivity contribution in [2.75, 3.05) is 6.54 Å². The number of nitrogens with zero attached hydrogens (tertiary/aromatic N) is 3. The molecule has 2 aromatic heterocycles. The third-order valence-corrected chi connectivity index (χ3v) is 4.60. The Morgan fingerprint density at radius 3 is 3.04 bits per heavy atom. The summed E-state index contributed by atoms with van der Waals surface area (Å²) in [7, 11) is 0. The van der Waals surface area contributed by atoms with Gasteiger partial charge in [-0.05, 0) is 35.7 Å². The monoisotopic (exact) mass is 325 g/mol. The first-order valence-corrected chi connectivity index (χ1v) is 8.02. The number of azide groups is 1. The zero-order valence-electron chi connectivity index (χ0n) is 12.3. The van der Waals surface area contributed by atoms with Crippen molar-refractivity contribution in [2.45, 2.75) is 13.0 Å². The van der Waals surface area contributed by atoms with Crippen LogP contribution in [0.1, 0.15) is 20.1 Å². The van der Waals surface area contributed by atoms with E-state index < -0.39 is 0 Å². The molecule has 0 aliphatic heterocycles. The molecule has 0 fully saturated rings. The van der Waals surface area contributed by atoms with Gasteiger partial charge in [-0.15, -0.1) is 11.3 Å². The van der Waals surface area contributed by atoms with Gasteiger partial charge in [-0.1, -0.05) is 23.3 Å². The number of amides is 1. The molecule has 116 valence electrons. The van der Waals surface area contributed by atoms with E-state index in [4.69, 9.17) is 5.53 Å². The highest BCUT2D eigenvalue weighted by molar-refractivity contribution is 7.14. The Bertz CT molecular complexity index is 875. The van der Waals surface area contributed by atoms with Crippen LogP contribution >= 0.6 is 11.3 Å². The molecule has 0 unspecified atom stereocenters. The number of rotatable bonds is 6. The van der Waals surface area contributed by atoms with E-state index in [1.165, 1.54) is 22.3 Å². The molecule has 2 heterocycles. The molecular weight excluding hydrogens is 310 g/mol. The second-order valence-corrected chi connectivity index (χ2v) is 6.19. The van der Waals surface area contributed by atoms with Crippen LogP contribution in [0.4, 0.5) is 0 Å². The van der Waals surface area contributed by atoms with Gasteiger partial charge in [0.15, 0.2) is 0 Å². The molecule has 0 saturated carbocycles. The Labute approximate surface area is 136 Å². The maximum atomic E-state index is 12.1. The molecule has 1 aromatic carbocycles. The minimum Gasteiger partial charge on any atom is -0.361 e. The van der Waals surface area contributed by atoms with Crippen LogP contribution in [0.15, 0.2) is 47.7 Å². The number of H-pyrrole nitrogens is 1. The minimum absolute atomic E-state index is 0.0953. The summed E-state index contributed by atoms with van der Waals surface area (Å²) in [5.74, 6) is -0.0953. The van der Waals surface area contributed by atoms with Gasteiger partial charge in [0, 0.05) is 33.4 Å². The average Bonchev–Trinajstić information content (AvgIpc) is 3.20. The molecule has 7 heteroatoms. The summed E-state index contributed by atoms with van der Waals surface area (Å²) in [4.78, 5) is 19.6. The van der Waals surface area contributed by atoms with E-state index in [1.807, 2.05) is 30.5 Å². The van der Waals surface area contributed by atoms with Crippen molar-refractivity contribution in [1.29, 1.82) is 0 Å². The predicted octanol–water partition coefficient (Wildman–Crippen LogP) is 4.01.